The van der Waals surface area contributed by atoms with Gasteiger partial charge in [-0.2, -0.15) is 0 Å². The molecule has 39 heavy (non-hydrogen) atoms. The van der Waals surface area contributed by atoms with E-state index in [0.29, 0.717) is 17.7 Å². The number of hydrogen-bond donors (Lipinski definition) is 5. The molecule has 210 valence electrons. The SMILES string of the molecule is CC(C)COC(=O)CCc1ccc(O)c2c1C[C@H]1C[C@H]3[C@@H](N(C)C)C(=O)C(C(N)=O)=C(O)[C@@]3(O)C(=O)C1=C2O. The molecule has 0 saturated heterocycles. The lowest BCUT2D eigenvalue weighted by atomic mass is 9.57. The number of ketones is 2. The number of phenolic OH excluding ortho intramolecular Hbond substituents is 1. The maximum absolute atomic E-state index is 13.8. The molecule has 3 aliphatic carbocycles. The van der Waals surface area contributed by atoms with Crippen molar-refractivity contribution in [3.8, 4) is 5.75 Å². The van der Waals surface area contributed by atoms with E-state index in [4.69, 9.17) is 10.5 Å². The number of nitrogens with two attached hydrogens (primary N) is 1. The monoisotopic (exact) mass is 542 g/mol. The number of Topliss-reactive ketones (excluding diaryl/α,β-unsaturated/α-hetero) is 2. The Hall–Kier alpha value is -3.70. The van der Waals surface area contributed by atoms with Crippen LogP contribution in [-0.2, 0) is 36.8 Å². The van der Waals surface area contributed by atoms with Gasteiger partial charge in [0.1, 0.15) is 22.8 Å². The number of nitrogens with zero attached hydrogens (tertiary/aromatic N) is 1. The van der Waals surface area contributed by atoms with Crippen LogP contribution >= 0.6 is 0 Å². The van der Waals surface area contributed by atoms with Gasteiger partial charge in [-0.25, -0.2) is 0 Å². The number of carbonyl (C=O) groups excluding carboxylic acids is 4. The fourth-order valence-corrected chi connectivity index (χ4v) is 6.11. The summed E-state index contributed by atoms with van der Waals surface area (Å²) < 4.78 is 5.25. The number of ether oxygens (including phenoxy) is 1. The molecule has 0 radical (unpaired) electrons. The van der Waals surface area contributed by atoms with Crippen LogP contribution in [0.3, 0.4) is 0 Å². The van der Waals surface area contributed by atoms with Crippen molar-refractivity contribution in [2.24, 2.45) is 23.5 Å². The van der Waals surface area contributed by atoms with E-state index in [0.717, 1.165) is 0 Å². The highest BCUT2D eigenvalue weighted by atomic mass is 16.5. The molecular weight excluding hydrogens is 508 g/mol. The number of esters is 1. The molecule has 0 aliphatic heterocycles. The van der Waals surface area contributed by atoms with Crippen molar-refractivity contribution >= 4 is 29.2 Å². The zero-order chi connectivity index (χ0) is 29.0. The number of likely N-dealkylation sites (N-methyl/N-ethyl adjacent to an activating group) is 1. The lowest BCUT2D eigenvalue weighted by molar-refractivity contribution is -0.153. The molecule has 0 unspecified atom stereocenters. The highest BCUT2D eigenvalue weighted by Gasteiger charge is 2.64. The second-order valence-corrected chi connectivity index (χ2v) is 11.1. The van der Waals surface area contributed by atoms with Crippen LogP contribution in [0.4, 0.5) is 0 Å². The summed E-state index contributed by atoms with van der Waals surface area (Å²) in [6.07, 6.45) is 0.496. The van der Waals surface area contributed by atoms with Gasteiger partial charge in [-0.05, 0) is 62.4 Å². The predicted molar refractivity (Wildman–Crippen MR) is 138 cm³/mol. The molecule has 0 heterocycles. The molecule has 1 aromatic carbocycles. The maximum atomic E-state index is 13.8. The quantitative estimate of drug-likeness (QED) is 0.246. The van der Waals surface area contributed by atoms with Crippen molar-refractivity contribution in [2.75, 3.05) is 20.7 Å². The third-order valence-electron chi connectivity index (χ3n) is 7.88. The molecule has 11 nitrogen and oxygen atoms in total. The van der Waals surface area contributed by atoms with Gasteiger partial charge < -0.3 is 30.9 Å². The summed E-state index contributed by atoms with van der Waals surface area (Å²) in [6.45, 7) is 4.14. The second kappa shape index (κ2) is 10.1. The number of fused-ring (bicyclic) bond motifs is 3. The van der Waals surface area contributed by atoms with Gasteiger partial charge >= 0.3 is 5.97 Å². The van der Waals surface area contributed by atoms with Crippen molar-refractivity contribution < 1.29 is 44.3 Å². The molecule has 0 aromatic heterocycles. The van der Waals surface area contributed by atoms with Crippen molar-refractivity contribution in [1.29, 1.82) is 0 Å². The molecular formula is C28H34N2O9. The van der Waals surface area contributed by atoms with Gasteiger partial charge in [-0.15, -0.1) is 0 Å². The average molecular weight is 543 g/mol. The minimum atomic E-state index is -2.68. The highest BCUT2D eigenvalue weighted by Crippen LogP contribution is 2.53. The Morgan fingerprint density at radius 2 is 1.85 bits per heavy atom. The average Bonchev–Trinajstić information content (AvgIpc) is 2.84. The van der Waals surface area contributed by atoms with Crippen LogP contribution in [0, 0.1) is 17.8 Å². The number of benzene rings is 1. The Labute approximate surface area is 225 Å². The minimum Gasteiger partial charge on any atom is -0.508 e. The minimum absolute atomic E-state index is 0.000614. The lowest BCUT2D eigenvalue weighted by Gasteiger charge is -2.50. The molecule has 4 rings (SSSR count). The molecule has 0 bridgehead atoms. The molecule has 3 aliphatic rings. The van der Waals surface area contributed by atoms with E-state index in [1.54, 1.807) is 20.2 Å². The van der Waals surface area contributed by atoms with Gasteiger partial charge in [0.15, 0.2) is 11.4 Å². The van der Waals surface area contributed by atoms with E-state index in [1.807, 2.05) is 13.8 Å². The van der Waals surface area contributed by atoms with Gasteiger partial charge in [0.25, 0.3) is 5.91 Å². The smallest absolute Gasteiger partial charge is 0.306 e. The molecule has 4 atom stereocenters. The normalized spacial score (nSPS) is 26.5. The number of aliphatic hydroxyl groups excluding tert-OH is 2. The Bertz CT molecular complexity index is 1330. The largest absolute Gasteiger partial charge is 0.508 e. The van der Waals surface area contributed by atoms with E-state index < -0.39 is 58.0 Å². The van der Waals surface area contributed by atoms with E-state index in [-0.39, 0.29) is 54.5 Å². The zero-order valence-corrected chi connectivity index (χ0v) is 22.4. The Morgan fingerprint density at radius 1 is 1.18 bits per heavy atom. The predicted octanol–water partition coefficient (Wildman–Crippen LogP) is 1.10. The van der Waals surface area contributed by atoms with Crippen LogP contribution in [0.2, 0.25) is 0 Å². The summed E-state index contributed by atoms with van der Waals surface area (Å²) >= 11 is 0. The number of hydrogen-bond acceptors (Lipinski definition) is 10. The van der Waals surface area contributed by atoms with E-state index in [1.165, 1.54) is 11.0 Å². The van der Waals surface area contributed by atoms with Gasteiger partial charge in [0.2, 0.25) is 5.78 Å². The Morgan fingerprint density at radius 3 is 2.44 bits per heavy atom. The van der Waals surface area contributed by atoms with Crippen molar-refractivity contribution in [2.45, 2.75) is 51.2 Å². The van der Waals surface area contributed by atoms with Crippen molar-refractivity contribution in [3.05, 3.63) is 45.7 Å². The fraction of sp³-hybridized carbons (Fsp3) is 0.500. The summed E-state index contributed by atoms with van der Waals surface area (Å²) in [6, 6.07) is 1.84. The van der Waals surface area contributed by atoms with Crippen molar-refractivity contribution in [1.82, 2.24) is 4.90 Å². The van der Waals surface area contributed by atoms with Crippen LogP contribution in [0.5, 0.6) is 5.75 Å². The molecule has 1 aromatic rings. The van der Waals surface area contributed by atoms with Crippen LogP contribution < -0.4 is 5.73 Å². The van der Waals surface area contributed by atoms with Gasteiger partial charge in [0, 0.05) is 17.9 Å². The van der Waals surface area contributed by atoms with Gasteiger partial charge in [-0.3, -0.25) is 24.1 Å². The van der Waals surface area contributed by atoms with Gasteiger partial charge in [-0.1, -0.05) is 19.9 Å². The number of amides is 1. The summed E-state index contributed by atoms with van der Waals surface area (Å²) in [4.78, 5) is 52.7. The third kappa shape index (κ3) is 4.49. The topological polar surface area (TPSA) is 188 Å². The van der Waals surface area contributed by atoms with Crippen molar-refractivity contribution in [3.63, 3.8) is 0 Å². The number of aliphatic hydroxyl groups is 3. The summed E-state index contributed by atoms with van der Waals surface area (Å²) in [5.74, 6) is -7.18. The molecule has 11 heteroatoms. The second-order valence-electron chi connectivity index (χ2n) is 11.1. The van der Waals surface area contributed by atoms with E-state index in [2.05, 4.69) is 0 Å². The standard InChI is InChI=1S/C28H34N2O9/c1-12(2)11-39-18(32)8-6-13-5-7-17(31)20-15(13)9-14-10-16-22(30(3)4)24(34)21(27(29)37)26(36)28(16,38)25(35)19(14)23(20)33/h5,7,12,14,16,22,31,33,36,38H,6,8-11H2,1-4H3,(H2,29,37)/t14-,16-,22+,28-/m0/s1. The van der Waals surface area contributed by atoms with E-state index in [9.17, 15) is 39.6 Å². The number of primary amides is 1. The molecule has 6 N–H and O–H groups in total. The lowest BCUT2D eigenvalue weighted by Crippen LogP contribution is -2.65. The van der Waals surface area contributed by atoms with Crippen LogP contribution in [0.25, 0.3) is 5.76 Å². The van der Waals surface area contributed by atoms with E-state index >= 15 is 0 Å². The third-order valence-corrected chi connectivity index (χ3v) is 7.88. The molecule has 1 amide bonds. The Balaban J connectivity index is 1.79. The fourth-order valence-electron chi connectivity index (χ4n) is 6.11. The van der Waals surface area contributed by atoms with Crippen LogP contribution in [-0.4, -0.2) is 81.1 Å². The summed E-state index contributed by atoms with van der Waals surface area (Å²) in [5, 5.41) is 44.4. The first-order valence-corrected chi connectivity index (χ1v) is 12.9. The maximum Gasteiger partial charge on any atom is 0.306 e. The zero-order valence-electron chi connectivity index (χ0n) is 22.4. The molecule has 0 spiro atoms. The first-order valence-electron chi connectivity index (χ1n) is 12.9. The first-order chi connectivity index (χ1) is 18.2. The first kappa shape index (κ1) is 28.3. The summed E-state index contributed by atoms with van der Waals surface area (Å²) in [5.41, 5.74) is 2.79. The number of aromatic hydroxyl groups is 1. The number of rotatable bonds is 7. The number of carbonyl (C=O) groups is 4. The highest BCUT2D eigenvalue weighted by molar-refractivity contribution is 6.24. The van der Waals surface area contributed by atoms with Gasteiger partial charge in [0.05, 0.1) is 18.2 Å². The molecule has 1 fully saturated rings. The van der Waals surface area contributed by atoms with Crippen LogP contribution in [0.15, 0.2) is 29.0 Å². The van der Waals surface area contributed by atoms with Crippen LogP contribution in [0.1, 0.15) is 43.4 Å². The number of phenols is 1. The number of aryl methyl sites for hydroxylation is 1. The Kier molecular flexibility index (Phi) is 7.35. The molecule has 1 saturated carbocycles. The summed E-state index contributed by atoms with van der Waals surface area (Å²) in [7, 11) is 3.09.